The van der Waals surface area contributed by atoms with Crippen molar-refractivity contribution in [2.45, 2.75) is 32.2 Å². The van der Waals surface area contributed by atoms with Gasteiger partial charge in [-0.1, -0.05) is 30.3 Å². The van der Waals surface area contributed by atoms with Crippen LogP contribution in [0.15, 0.2) is 66.9 Å². The summed E-state index contributed by atoms with van der Waals surface area (Å²) in [5.74, 6) is 2.30. The van der Waals surface area contributed by atoms with E-state index in [1.807, 2.05) is 41.3 Å². The number of pyridine rings is 1. The van der Waals surface area contributed by atoms with Crippen LogP contribution in [0.1, 0.15) is 41.7 Å². The minimum absolute atomic E-state index is 0.0127. The summed E-state index contributed by atoms with van der Waals surface area (Å²) in [7, 11) is 1.66. The summed E-state index contributed by atoms with van der Waals surface area (Å²) in [6, 6.07) is 19.3. The van der Waals surface area contributed by atoms with Gasteiger partial charge in [-0.3, -0.25) is 14.7 Å². The van der Waals surface area contributed by atoms with Crippen LogP contribution in [0.2, 0.25) is 0 Å². The third-order valence-electron chi connectivity index (χ3n) is 7.69. The first-order valence-corrected chi connectivity index (χ1v) is 12.7. The average Bonchev–Trinajstić information content (AvgIpc) is 2.91. The molecule has 2 aromatic carbocycles. The lowest BCUT2D eigenvalue weighted by Gasteiger charge is -2.47. The Labute approximate surface area is 212 Å². The zero-order valence-electron chi connectivity index (χ0n) is 20.9. The maximum absolute atomic E-state index is 12.9. The Morgan fingerprint density at radius 3 is 2.25 bits per heavy atom. The Morgan fingerprint density at radius 2 is 1.56 bits per heavy atom. The number of likely N-dealkylation sites (tertiary alicyclic amines) is 2. The van der Waals surface area contributed by atoms with E-state index in [1.54, 1.807) is 25.4 Å². The third-order valence-corrected chi connectivity index (χ3v) is 7.69. The van der Waals surface area contributed by atoms with Crippen LogP contribution in [0.3, 0.4) is 0 Å². The number of para-hydroxylation sites is 3. The largest absolute Gasteiger partial charge is 0.493 e. The van der Waals surface area contributed by atoms with E-state index in [1.165, 1.54) is 5.56 Å². The van der Waals surface area contributed by atoms with Gasteiger partial charge in [0.1, 0.15) is 11.4 Å². The standard InChI is InChI=1S/C29H34N4O3/c1-35-26-8-4-5-9-27(26)36-25-7-3-2-6-22(25)21-32-16-11-29(12-17-32)13-18-33(19-14-29)28(34)24-20-23(30)10-15-31-24/h2-10,15,20H,11-14,16-19,21H2,1H3,(H2,30,31). The van der Waals surface area contributed by atoms with Crippen molar-refractivity contribution in [3.05, 3.63) is 78.1 Å². The van der Waals surface area contributed by atoms with E-state index in [0.29, 0.717) is 16.8 Å². The first kappa shape index (κ1) is 24.1. The molecule has 2 fully saturated rings. The Morgan fingerprint density at radius 1 is 0.917 bits per heavy atom. The number of ether oxygens (including phenoxy) is 2. The van der Waals surface area contributed by atoms with Crippen LogP contribution in [-0.2, 0) is 6.54 Å². The molecule has 0 radical (unpaired) electrons. The molecule has 2 saturated heterocycles. The van der Waals surface area contributed by atoms with Crippen molar-refractivity contribution < 1.29 is 14.3 Å². The fraction of sp³-hybridized carbons (Fsp3) is 0.379. The van der Waals surface area contributed by atoms with Gasteiger partial charge in [0.15, 0.2) is 11.5 Å². The predicted molar refractivity (Wildman–Crippen MR) is 140 cm³/mol. The molecule has 3 heterocycles. The van der Waals surface area contributed by atoms with Crippen LogP contribution < -0.4 is 15.2 Å². The van der Waals surface area contributed by atoms with Gasteiger partial charge >= 0.3 is 0 Å². The third kappa shape index (κ3) is 5.31. The predicted octanol–water partition coefficient (Wildman–Crippen LogP) is 4.98. The lowest BCUT2D eigenvalue weighted by Crippen LogP contribution is -2.48. The summed E-state index contributed by atoms with van der Waals surface area (Å²) in [6.45, 7) is 4.52. The van der Waals surface area contributed by atoms with E-state index in [2.05, 4.69) is 22.0 Å². The SMILES string of the molecule is COc1ccccc1Oc1ccccc1CN1CCC2(CC1)CCN(C(=O)c1cc(N)ccn1)CC2. The summed E-state index contributed by atoms with van der Waals surface area (Å²) < 4.78 is 11.7. The van der Waals surface area contributed by atoms with Crippen molar-refractivity contribution in [3.63, 3.8) is 0 Å². The van der Waals surface area contributed by atoms with Gasteiger partial charge in [-0.2, -0.15) is 0 Å². The molecule has 7 heteroatoms. The molecule has 0 bridgehead atoms. The van der Waals surface area contributed by atoms with Crippen LogP contribution in [0.5, 0.6) is 17.2 Å². The minimum Gasteiger partial charge on any atom is -0.493 e. The fourth-order valence-corrected chi connectivity index (χ4v) is 5.39. The summed E-state index contributed by atoms with van der Waals surface area (Å²) in [4.78, 5) is 21.5. The van der Waals surface area contributed by atoms with Crippen molar-refractivity contribution in [1.82, 2.24) is 14.8 Å². The van der Waals surface area contributed by atoms with Crippen LogP contribution in [0, 0.1) is 5.41 Å². The Balaban J connectivity index is 1.17. The van der Waals surface area contributed by atoms with Gasteiger partial charge in [-0.25, -0.2) is 0 Å². The molecule has 0 saturated carbocycles. The van der Waals surface area contributed by atoms with E-state index in [4.69, 9.17) is 15.2 Å². The van der Waals surface area contributed by atoms with E-state index < -0.39 is 0 Å². The van der Waals surface area contributed by atoms with E-state index >= 15 is 0 Å². The number of anilines is 1. The smallest absolute Gasteiger partial charge is 0.272 e. The van der Waals surface area contributed by atoms with Crippen molar-refractivity contribution in [1.29, 1.82) is 0 Å². The normalized spacial score (nSPS) is 17.6. The second-order valence-corrected chi connectivity index (χ2v) is 9.90. The quantitative estimate of drug-likeness (QED) is 0.529. The van der Waals surface area contributed by atoms with Crippen molar-refractivity contribution >= 4 is 11.6 Å². The number of hydrogen-bond donors (Lipinski definition) is 1. The monoisotopic (exact) mass is 486 g/mol. The van der Waals surface area contributed by atoms with Gasteiger partial charge in [0.2, 0.25) is 0 Å². The molecule has 0 atom stereocenters. The maximum atomic E-state index is 12.9. The number of nitrogens with zero attached hydrogens (tertiary/aromatic N) is 3. The van der Waals surface area contributed by atoms with Crippen LogP contribution in [-0.4, -0.2) is 54.0 Å². The van der Waals surface area contributed by atoms with Crippen LogP contribution in [0.25, 0.3) is 0 Å². The minimum atomic E-state index is -0.0127. The molecule has 2 aliphatic heterocycles. The highest BCUT2D eigenvalue weighted by atomic mass is 16.5. The van der Waals surface area contributed by atoms with Gasteiger partial charge in [-0.05, 0) is 74.5 Å². The number of hydrogen-bond acceptors (Lipinski definition) is 6. The Kier molecular flexibility index (Phi) is 7.09. The van der Waals surface area contributed by atoms with E-state index in [-0.39, 0.29) is 5.91 Å². The van der Waals surface area contributed by atoms with Gasteiger partial charge in [-0.15, -0.1) is 0 Å². The number of piperidine rings is 2. The Bertz CT molecular complexity index is 1200. The molecule has 0 aliphatic carbocycles. The molecule has 188 valence electrons. The molecule has 1 amide bonds. The first-order valence-electron chi connectivity index (χ1n) is 12.7. The lowest BCUT2D eigenvalue weighted by atomic mass is 9.71. The van der Waals surface area contributed by atoms with Crippen molar-refractivity contribution in [2.24, 2.45) is 5.41 Å². The van der Waals surface area contributed by atoms with Gasteiger partial charge < -0.3 is 20.1 Å². The molecule has 2 N–H and O–H groups in total. The summed E-state index contributed by atoms with van der Waals surface area (Å²) in [5, 5.41) is 0. The zero-order valence-corrected chi connectivity index (χ0v) is 20.9. The average molecular weight is 487 g/mol. The highest BCUT2D eigenvalue weighted by Gasteiger charge is 2.38. The molecule has 1 aromatic heterocycles. The number of nitrogen functional groups attached to an aromatic ring is 1. The molecule has 0 unspecified atom stereocenters. The molecule has 3 aromatic rings. The maximum Gasteiger partial charge on any atom is 0.272 e. The molecule has 5 rings (SSSR count). The topological polar surface area (TPSA) is 80.9 Å². The Hall–Kier alpha value is -3.58. The van der Waals surface area contributed by atoms with Gasteiger partial charge in [0.25, 0.3) is 5.91 Å². The lowest BCUT2D eigenvalue weighted by molar-refractivity contribution is 0.0281. The molecular formula is C29H34N4O3. The summed E-state index contributed by atoms with van der Waals surface area (Å²) >= 11 is 0. The van der Waals surface area contributed by atoms with Crippen molar-refractivity contribution in [3.8, 4) is 17.2 Å². The van der Waals surface area contributed by atoms with Crippen LogP contribution in [0.4, 0.5) is 5.69 Å². The van der Waals surface area contributed by atoms with E-state index in [9.17, 15) is 4.79 Å². The number of amides is 1. The fourth-order valence-electron chi connectivity index (χ4n) is 5.39. The zero-order chi connectivity index (χ0) is 25.0. The van der Waals surface area contributed by atoms with Crippen LogP contribution >= 0.6 is 0 Å². The second-order valence-electron chi connectivity index (χ2n) is 9.90. The number of carbonyl (C=O) groups excluding carboxylic acids is 1. The number of methoxy groups -OCH3 is 1. The number of rotatable bonds is 6. The summed E-state index contributed by atoms with van der Waals surface area (Å²) in [6.07, 6.45) is 6.00. The highest BCUT2D eigenvalue weighted by Crippen LogP contribution is 2.42. The summed E-state index contributed by atoms with van der Waals surface area (Å²) in [5.41, 5.74) is 8.35. The molecule has 2 aliphatic rings. The first-order chi connectivity index (χ1) is 17.5. The molecule has 7 nitrogen and oxygen atoms in total. The molecule has 1 spiro atoms. The number of nitrogens with two attached hydrogens (primary N) is 1. The number of benzene rings is 2. The number of aromatic nitrogens is 1. The molecule has 36 heavy (non-hydrogen) atoms. The number of carbonyl (C=O) groups is 1. The molecular weight excluding hydrogens is 452 g/mol. The van der Waals surface area contributed by atoms with Crippen molar-refractivity contribution in [2.75, 3.05) is 39.0 Å². The van der Waals surface area contributed by atoms with E-state index in [0.717, 1.165) is 75.7 Å². The second kappa shape index (κ2) is 10.6. The van der Waals surface area contributed by atoms with Gasteiger partial charge in [0, 0.05) is 37.1 Å². The van der Waals surface area contributed by atoms with Gasteiger partial charge in [0.05, 0.1) is 7.11 Å². The highest BCUT2D eigenvalue weighted by molar-refractivity contribution is 5.93.